The second-order valence-corrected chi connectivity index (χ2v) is 5.07. The fourth-order valence-electron chi connectivity index (χ4n) is 1.72. The first kappa shape index (κ1) is 14.9. The Kier molecular flexibility index (Phi) is 5.01. The summed E-state index contributed by atoms with van der Waals surface area (Å²) in [6, 6.07) is 12.0. The van der Waals surface area contributed by atoms with Crippen LogP contribution < -0.4 is 5.32 Å². The van der Waals surface area contributed by atoms with Gasteiger partial charge in [-0.25, -0.2) is 0 Å². The molecule has 0 heterocycles. The van der Waals surface area contributed by atoms with E-state index < -0.39 is 0 Å². The number of anilines is 1. The quantitative estimate of drug-likeness (QED) is 0.903. The number of aliphatic hydroxyl groups excluding tert-OH is 1. The van der Waals surface area contributed by atoms with Crippen LogP contribution in [0.4, 0.5) is 5.69 Å². The zero-order valence-corrected chi connectivity index (χ0v) is 12.1. The SMILES string of the molecule is O=C(Nc1ccc(CCO)cc1)c1ccc(Cl)c(Cl)c1. The number of hydrogen-bond acceptors (Lipinski definition) is 2. The zero-order valence-electron chi connectivity index (χ0n) is 10.6. The van der Waals surface area contributed by atoms with Gasteiger partial charge in [0.05, 0.1) is 10.0 Å². The average molecular weight is 310 g/mol. The molecule has 0 saturated heterocycles. The summed E-state index contributed by atoms with van der Waals surface area (Å²) in [4.78, 5) is 12.0. The molecule has 20 heavy (non-hydrogen) atoms. The molecule has 2 N–H and O–H groups in total. The van der Waals surface area contributed by atoms with Gasteiger partial charge >= 0.3 is 0 Å². The van der Waals surface area contributed by atoms with Gasteiger partial charge in [-0.1, -0.05) is 35.3 Å². The van der Waals surface area contributed by atoms with E-state index in [1.165, 1.54) is 6.07 Å². The highest BCUT2D eigenvalue weighted by molar-refractivity contribution is 6.42. The fraction of sp³-hybridized carbons (Fsp3) is 0.133. The molecule has 2 aromatic carbocycles. The van der Waals surface area contributed by atoms with Crippen LogP contribution in [-0.2, 0) is 6.42 Å². The average Bonchev–Trinajstić information content (AvgIpc) is 2.44. The van der Waals surface area contributed by atoms with E-state index in [2.05, 4.69) is 5.32 Å². The predicted octanol–water partition coefficient (Wildman–Crippen LogP) is 3.78. The molecule has 2 rings (SSSR count). The van der Waals surface area contributed by atoms with Crippen molar-refractivity contribution in [1.29, 1.82) is 0 Å². The maximum Gasteiger partial charge on any atom is 0.255 e. The Morgan fingerprint density at radius 1 is 1.05 bits per heavy atom. The Labute approximate surface area is 127 Å². The third-order valence-electron chi connectivity index (χ3n) is 2.79. The molecule has 0 aliphatic carbocycles. The number of rotatable bonds is 4. The highest BCUT2D eigenvalue weighted by Crippen LogP contribution is 2.23. The summed E-state index contributed by atoms with van der Waals surface area (Å²) in [6.07, 6.45) is 0.598. The van der Waals surface area contributed by atoms with Crippen LogP contribution in [0.2, 0.25) is 10.0 Å². The molecular formula is C15H13Cl2NO2. The lowest BCUT2D eigenvalue weighted by Gasteiger charge is -2.07. The maximum atomic E-state index is 12.0. The number of hydrogen-bond donors (Lipinski definition) is 2. The van der Waals surface area contributed by atoms with E-state index in [1.807, 2.05) is 12.1 Å². The van der Waals surface area contributed by atoms with Crippen molar-refractivity contribution in [1.82, 2.24) is 0 Å². The molecule has 0 spiro atoms. The van der Waals surface area contributed by atoms with Gasteiger partial charge in [-0.15, -0.1) is 0 Å². The van der Waals surface area contributed by atoms with Gasteiger partial charge in [-0.05, 0) is 42.3 Å². The van der Waals surface area contributed by atoms with Gasteiger partial charge in [0.2, 0.25) is 0 Å². The molecule has 0 atom stereocenters. The van der Waals surface area contributed by atoms with E-state index in [0.717, 1.165) is 5.56 Å². The molecule has 0 unspecified atom stereocenters. The third kappa shape index (κ3) is 3.73. The summed E-state index contributed by atoms with van der Waals surface area (Å²) in [5.74, 6) is -0.251. The monoisotopic (exact) mass is 309 g/mol. The number of aliphatic hydroxyl groups is 1. The summed E-state index contributed by atoms with van der Waals surface area (Å²) in [7, 11) is 0. The molecule has 0 aromatic heterocycles. The molecule has 2 aromatic rings. The number of nitrogens with one attached hydrogen (secondary N) is 1. The van der Waals surface area contributed by atoms with Gasteiger partial charge in [0, 0.05) is 17.9 Å². The number of amides is 1. The third-order valence-corrected chi connectivity index (χ3v) is 3.53. The van der Waals surface area contributed by atoms with Gasteiger partial charge in [-0.2, -0.15) is 0 Å². The summed E-state index contributed by atoms with van der Waals surface area (Å²) in [5, 5.41) is 12.4. The minimum absolute atomic E-state index is 0.106. The summed E-state index contributed by atoms with van der Waals surface area (Å²) in [6.45, 7) is 0.106. The van der Waals surface area contributed by atoms with E-state index in [-0.39, 0.29) is 12.5 Å². The first-order chi connectivity index (χ1) is 9.60. The lowest BCUT2D eigenvalue weighted by molar-refractivity contribution is 0.102. The lowest BCUT2D eigenvalue weighted by Crippen LogP contribution is -2.11. The van der Waals surface area contributed by atoms with E-state index >= 15 is 0 Å². The minimum Gasteiger partial charge on any atom is -0.396 e. The van der Waals surface area contributed by atoms with Gasteiger partial charge < -0.3 is 10.4 Å². The van der Waals surface area contributed by atoms with E-state index in [1.54, 1.807) is 24.3 Å². The van der Waals surface area contributed by atoms with E-state index in [0.29, 0.717) is 27.7 Å². The minimum atomic E-state index is -0.251. The highest BCUT2D eigenvalue weighted by Gasteiger charge is 2.08. The maximum absolute atomic E-state index is 12.0. The molecule has 0 bridgehead atoms. The molecular weight excluding hydrogens is 297 g/mol. The normalized spacial score (nSPS) is 10.3. The molecule has 0 aliphatic rings. The predicted molar refractivity (Wildman–Crippen MR) is 81.6 cm³/mol. The van der Waals surface area contributed by atoms with Crippen molar-refractivity contribution < 1.29 is 9.90 Å². The van der Waals surface area contributed by atoms with Crippen molar-refractivity contribution in [2.24, 2.45) is 0 Å². The van der Waals surface area contributed by atoms with Crippen molar-refractivity contribution in [2.75, 3.05) is 11.9 Å². The van der Waals surface area contributed by atoms with Crippen LogP contribution in [0.15, 0.2) is 42.5 Å². The van der Waals surface area contributed by atoms with Gasteiger partial charge in [0.1, 0.15) is 0 Å². The van der Waals surface area contributed by atoms with Crippen LogP contribution in [0.3, 0.4) is 0 Å². The second kappa shape index (κ2) is 6.75. The fourth-order valence-corrected chi connectivity index (χ4v) is 2.02. The number of carbonyl (C=O) groups is 1. The van der Waals surface area contributed by atoms with Crippen LogP contribution in [0.25, 0.3) is 0 Å². The molecule has 104 valence electrons. The topological polar surface area (TPSA) is 49.3 Å². The molecule has 0 fully saturated rings. The highest BCUT2D eigenvalue weighted by atomic mass is 35.5. The van der Waals surface area contributed by atoms with Crippen molar-refractivity contribution in [3.63, 3.8) is 0 Å². The summed E-state index contributed by atoms with van der Waals surface area (Å²) < 4.78 is 0. The Morgan fingerprint density at radius 2 is 1.75 bits per heavy atom. The van der Waals surface area contributed by atoms with Crippen molar-refractivity contribution in [3.05, 3.63) is 63.6 Å². The lowest BCUT2D eigenvalue weighted by atomic mass is 10.1. The standard InChI is InChI=1S/C15H13Cl2NO2/c16-13-6-3-11(9-14(13)17)15(20)18-12-4-1-10(2-5-12)7-8-19/h1-6,9,19H,7-8H2,(H,18,20). The smallest absolute Gasteiger partial charge is 0.255 e. The molecule has 3 nitrogen and oxygen atoms in total. The molecule has 5 heteroatoms. The van der Waals surface area contributed by atoms with Crippen LogP contribution in [-0.4, -0.2) is 17.6 Å². The molecule has 0 saturated carbocycles. The van der Waals surface area contributed by atoms with Crippen molar-refractivity contribution >= 4 is 34.8 Å². The first-order valence-corrected chi connectivity index (χ1v) is 6.82. The van der Waals surface area contributed by atoms with Crippen molar-refractivity contribution in [3.8, 4) is 0 Å². The van der Waals surface area contributed by atoms with Crippen LogP contribution in [0, 0.1) is 0 Å². The van der Waals surface area contributed by atoms with Crippen LogP contribution in [0.1, 0.15) is 15.9 Å². The number of benzene rings is 2. The molecule has 1 amide bonds. The Balaban J connectivity index is 2.08. The van der Waals surface area contributed by atoms with E-state index in [4.69, 9.17) is 28.3 Å². The van der Waals surface area contributed by atoms with Gasteiger partial charge in [-0.3, -0.25) is 4.79 Å². The number of halogens is 2. The Hall–Kier alpha value is -1.55. The Morgan fingerprint density at radius 3 is 2.35 bits per heavy atom. The second-order valence-electron chi connectivity index (χ2n) is 4.25. The summed E-state index contributed by atoms with van der Waals surface area (Å²) >= 11 is 11.7. The van der Waals surface area contributed by atoms with Crippen LogP contribution >= 0.6 is 23.2 Å². The number of carbonyl (C=O) groups excluding carboxylic acids is 1. The van der Waals surface area contributed by atoms with Gasteiger partial charge in [0.25, 0.3) is 5.91 Å². The Bertz CT molecular complexity index is 612. The van der Waals surface area contributed by atoms with E-state index in [9.17, 15) is 4.79 Å². The zero-order chi connectivity index (χ0) is 14.5. The summed E-state index contributed by atoms with van der Waals surface area (Å²) in [5.41, 5.74) is 2.14. The van der Waals surface area contributed by atoms with Gasteiger partial charge in [0.15, 0.2) is 0 Å². The molecule has 0 aliphatic heterocycles. The largest absolute Gasteiger partial charge is 0.396 e. The van der Waals surface area contributed by atoms with Crippen LogP contribution in [0.5, 0.6) is 0 Å². The first-order valence-electron chi connectivity index (χ1n) is 6.06. The molecule has 0 radical (unpaired) electrons. The van der Waals surface area contributed by atoms with Crippen molar-refractivity contribution in [2.45, 2.75) is 6.42 Å².